The summed E-state index contributed by atoms with van der Waals surface area (Å²) in [7, 11) is 0. The maximum absolute atomic E-state index is 11.7. The molecule has 1 aliphatic rings. The van der Waals surface area contributed by atoms with Gasteiger partial charge < -0.3 is 14.8 Å². The summed E-state index contributed by atoms with van der Waals surface area (Å²) in [6.45, 7) is 3.23. The summed E-state index contributed by atoms with van der Waals surface area (Å²) in [5.41, 5.74) is 1.02. The molecule has 1 aliphatic heterocycles. The number of amides is 1. The summed E-state index contributed by atoms with van der Waals surface area (Å²) in [5, 5.41) is 2.70. The van der Waals surface area contributed by atoms with Crippen LogP contribution in [-0.2, 0) is 14.3 Å². The molecule has 104 valence electrons. The van der Waals surface area contributed by atoms with Crippen LogP contribution in [0.3, 0.4) is 0 Å². The van der Waals surface area contributed by atoms with Gasteiger partial charge in [0.2, 0.25) is 0 Å². The molecule has 1 unspecified atom stereocenters. The lowest BCUT2D eigenvalue weighted by Gasteiger charge is -2.10. The molecule has 0 spiro atoms. The Morgan fingerprint density at radius 3 is 3.21 bits per heavy atom. The maximum atomic E-state index is 11.7. The lowest BCUT2D eigenvalue weighted by atomic mass is 10.2. The molecule has 2 heterocycles. The summed E-state index contributed by atoms with van der Waals surface area (Å²) < 4.78 is 11.7. The average molecular weight is 329 g/mol. The number of nitrogens with zero attached hydrogens (tertiary/aromatic N) is 1. The van der Waals surface area contributed by atoms with Gasteiger partial charge in [0.05, 0.1) is 12.7 Å². The predicted molar refractivity (Wildman–Crippen MR) is 75.1 cm³/mol. The van der Waals surface area contributed by atoms with Crippen molar-refractivity contribution < 1.29 is 14.3 Å². The van der Waals surface area contributed by atoms with E-state index in [4.69, 9.17) is 9.47 Å². The molecule has 0 aliphatic carbocycles. The first-order valence-corrected chi connectivity index (χ1v) is 7.06. The highest BCUT2D eigenvalue weighted by molar-refractivity contribution is 9.10. The maximum Gasteiger partial charge on any atom is 0.251 e. The number of nitrogens with one attached hydrogen (secondary N) is 1. The minimum Gasteiger partial charge on any atom is -0.376 e. The SMILES string of the molecule is Cc1cc(NC(=O)COCC2CCCO2)ncc1Br. The van der Waals surface area contributed by atoms with Crippen LogP contribution in [0.25, 0.3) is 0 Å². The van der Waals surface area contributed by atoms with Gasteiger partial charge in [-0.25, -0.2) is 4.98 Å². The van der Waals surface area contributed by atoms with Crippen LogP contribution >= 0.6 is 15.9 Å². The predicted octanol–water partition coefficient (Wildman–Crippen LogP) is 2.29. The Bertz CT molecular complexity index is 448. The molecule has 0 aromatic carbocycles. The number of hydrogen-bond acceptors (Lipinski definition) is 4. The summed E-state index contributed by atoms with van der Waals surface area (Å²) in [5.74, 6) is 0.332. The molecule has 1 amide bonds. The lowest BCUT2D eigenvalue weighted by Crippen LogP contribution is -2.22. The van der Waals surface area contributed by atoms with Crippen LogP contribution in [-0.4, -0.2) is 36.8 Å². The molecule has 0 radical (unpaired) electrons. The Morgan fingerprint density at radius 1 is 1.68 bits per heavy atom. The standard InChI is InChI=1S/C13H17BrN2O3/c1-9-5-12(15-6-11(9)14)16-13(17)8-18-7-10-3-2-4-19-10/h5-6,10H,2-4,7-8H2,1H3,(H,15,16,17). The fourth-order valence-electron chi connectivity index (χ4n) is 1.85. The lowest BCUT2D eigenvalue weighted by molar-refractivity contribution is -0.121. The molecule has 1 aromatic heterocycles. The Labute approximate surface area is 120 Å². The van der Waals surface area contributed by atoms with Crippen LogP contribution < -0.4 is 5.32 Å². The summed E-state index contributed by atoms with van der Waals surface area (Å²) in [6.07, 6.45) is 3.89. The first kappa shape index (κ1) is 14.4. The van der Waals surface area contributed by atoms with Crippen molar-refractivity contribution in [1.29, 1.82) is 0 Å². The molecule has 0 saturated carbocycles. The fourth-order valence-corrected chi connectivity index (χ4v) is 2.06. The fraction of sp³-hybridized carbons (Fsp3) is 0.538. The van der Waals surface area contributed by atoms with Crippen LogP contribution in [0.4, 0.5) is 5.82 Å². The van der Waals surface area contributed by atoms with E-state index in [9.17, 15) is 4.79 Å². The van der Waals surface area contributed by atoms with Crippen LogP contribution in [0.5, 0.6) is 0 Å². The van der Waals surface area contributed by atoms with E-state index in [-0.39, 0.29) is 18.6 Å². The number of carbonyl (C=O) groups excluding carboxylic acids is 1. The topological polar surface area (TPSA) is 60.5 Å². The van der Waals surface area contributed by atoms with Gasteiger partial charge >= 0.3 is 0 Å². The molecule has 5 nitrogen and oxygen atoms in total. The van der Waals surface area contributed by atoms with Crippen molar-refractivity contribution in [3.63, 3.8) is 0 Å². The largest absolute Gasteiger partial charge is 0.376 e. The number of aromatic nitrogens is 1. The first-order chi connectivity index (χ1) is 9.15. The van der Waals surface area contributed by atoms with Crippen molar-refractivity contribution in [3.8, 4) is 0 Å². The molecular formula is C13H17BrN2O3. The normalized spacial score (nSPS) is 18.5. The number of carbonyl (C=O) groups is 1. The third-order valence-corrected chi connectivity index (χ3v) is 3.71. The van der Waals surface area contributed by atoms with Crippen molar-refractivity contribution in [2.75, 3.05) is 25.1 Å². The van der Waals surface area contributed by atoms with Crippen molar-refractivity contribution in [2.24, 2.45) is 0 Å². The zero-order chi connectivity index (χ0) is 13.7. The van der Waals surface area contributed by atoms with Gasteiger partial charge in [0.25, 0.3) is 5.91 Å². The minimum atomic E-state index is -0.202. The number of pyridine rings is 1. The van der Waals surface area contributed by atoms with Gasteiger partial charge in [-0.15, -0.1) is 0 Å². The number of anilines is 1. The number of hydrogen-bond donors (Lipinski definition) is 1. The molecule has 2 rings (SSSR count). The van der Waals surface area contributed by atoms with E-state index in [1.54, 1.807) is 6.20 Å². The van der Waals surface area contributed by atoms with Crippen molar-refractivity contribution in [2.45, 2.75) is 25.9 Å². The highest BCUT2D eigenvalue weighted by Gasteiger charge is 2.16. The second-order valence-corrected chi connectivity index (χ2v) is 5.37. The van der Waals surface area contributed by atoms with Gasteiger partial charge in [0, 0.05) is 17.3 Å². The number of aryl methyl sites for hydroxylation is 1. The highest BCUT2D eigenvalue weighted by Crippen LogP contribution is 2.17. The van der Waals surface area contributed by atoms with E-state index >= 15 is 0 Å². The van der Waals surface area contributed by atoms with E-state index in [2.05, 4.69) is 26.2 Å². The molecule has 1 atom stereocenters. The Balaban J connectivity index is 1.72. The number of ether oxygens (including phenoxy) is 2. The quantitative estimate of drug-likeness (QED) is 0.900. The van der Waals surface area contributed by atoms with Gasteiger partial charge in [-0.3, -0.25) is 4.79 Å². The third-order valence-electron chi connectivity index (χ3n) is 2.88. The zero-order valence-corrected chi connectivity index (χ0v) is 12.4. The Morgan fingerprint density at radius 2 is 2.53 bits per heavy atom. The van der Waals surface area contributed by atoms with Crippen LogP contribution in [0.2, 0.25) is 0 Å². The number of rotatable bonds is 5. The van der Waals surface area contributed by atoms with E-state index in [0.717, 1.165) is 29.5 Å². The van der Waals surface area contributed by atoms with Crippen LogP contribution in [0, 0.1) is 6.92 Å². The molecule has 1 N–H and O–H groups in total. The summed E-state index contributed by atoms with van der Waals surface area (Å²) >= 11 is 3.36. The van der Waals surface area contributed by atoms with Gasteiger partial charge in [-0.2, -0.15) is 0 Å². The second kappa shape index (κ2) is 6.98. The highest BCUT2D eigenvalue weighted by atomic mass is 79.9. The van der Waals surface area contributed by atoms with E-state index in [0.29, 0.717) is 12.4 Å². The molecule has 0 bridgehead atoms. The Kier molecular flexibility index (Phi) is 5.30. The van der Waals surface area contributed by atoms with Gasteiger partial charge in [0.15, 0.2) is 0 Å². The second-order valence-electron chi connectivity index (χ2n) is 4.52. The van der Waals surface area contributed by atoms with E-state index in [1.165, 1.54) is 0 Å². The van der Waals surface area contributed by atoms with Crippen molar-refractivity contribution in [3.05, 3.63) is 22.3 Å². The van der Waals surface area contributed by atoms with E-state index < -0.39 is 0 Å². The summed E-state index contributed by atoms with van der Waals surface area (Å²) in [6, 6.07) is 1.81. The summed E-state index contributed by atoms with van der Waals surface area (Å²) in [4.78, 5) is 15.8. The molecule has 19 heavy (non-hydrogen) atoms. The minimum absolute atomic E-state index is 0.0245. The zero-order valence-electron chi connectivity index (χ0n) is 10.8. The molecule has 1 aromatic rings. The monoisotopic (exact) mass is 328 g/mol. The van der Waals surface area contributed by atoms with Gasteiger partial charge in [-0.1, -0.05) is 0 Å². The molecule has 1 fully saturated rings. The Hall–Kier alpha value is -0.980. The van der Waals surface area contributed by atoms with Gasteiger partial charge in [0.1, 0.15) is 12.4 Å². The average Bonchev–Trinajstić information content (AvgIpc) is 2.87. The van der Waals surface area contributed by atoms with E-state index in [1.807, 2.05) is 13.0 Å². The van der Waals surface area contributed by atoms with Crippen molar-refractivity contribution >= 4 is 27.7 Å². The van der Waals surface area contributed by atoms with Crippen LogP contribution in [0.1, 0.15) is 18.4 Å². The molecule has 6 heteroatoms. The van der Waals surface area contributed by atoms with Crippen LogP contribution in [0.15, 0.2) is 16.7 Å². The van der Waals surface area contributed by atoms with Crippen molar-refractivity contribution in [1.82, 2.24) is 4.98 Å². The third kappa shape index (κ3) is 4.56. The molecular weight excluding hydrogens is 312 g/mol. The smallest absolute Gasteiger partial charge is 0.251 e. The number of halogens is 1. The first-order valence-electron chi connectivity index (χ1n) is 6.26. The molecule has 1 saturated heterocycles. The van der Waals surface area contributed by atoms with Gasteiger partial charge in [-0.05, 0) is 47.3 Å².